The maximum atomic E-state index is 12.6. The lowest BCUT2D eigenvalue weighted by molar-refractivity contribution is -0.171. The zero-order chi connectivity index (χ0) is 17.1. The molecule has 0 spiro atoms. The van der Waals surface area contributed by atoms with Crippen LogP contribution in [0.25, 0.3) is 0 Å². The van der Waals surface area contributed by atoms with E-state index in [4.69, 9.17) is 9.47 Å². The molecule has 0 fully saturated rings. The molecular formula is C15H22N2O5. The summed E-state index contributed by atoms with van der Waals surface area (Å²) in [4.78, 5) is 37.2. The summed E-state index contributed by atoms with van der Waals surface area (Å²) in [5, 5.41) is 3.86. The van der Waals surface area contributed by atoms with E-state index in [1.807, 2.05) is 6.92 Å². The molecule has 122 valence electrons. The Morgan fingerprint density at radius 1 is 1.36 bits per heavy atom. The second-order valence-corrected chi connectivity index (χ2v) is 5.26. The Morgan fingerprint density at radius 3 is 2.41 bits per heavy atom. The number of nitrogens with zero attached hydrogens (tertiary/aromatic N) is 1. The molecule has 0 heterocycles. The first-order valence-corrected chi connectivity index (χ1v) is 7.06. The van der Waals surface area contributed by atoms with Crippen LogP contribution in [0.15, 0.2) is 16.4 Å². The van der Waals surface area contributed by atoms with E-state index in [1.54, 1.807) is 6.92 Å². The zero-order valence-corrected chi connectivity index (χ0v) is 13.8. The second-order valence-electron chi connectivity index (χ2n) is 5.26. The number of hydrogen-bond acceptors (Lipinski definition) is 7. The molecule has 0 aromatic carbocycles. The largest absolute Gasteiger partial charge is 0.494 e. The number of ketones is 2. The van der Waals surface area contributed by atoms with Gasteiger partial charge in [-0.1, -0.05) is 13.8 Å². The van der Waals surface area contributed by atoms with Crippen LogP contribution in [0.1, 0.15) is 34.1 Å². The molecule has 0 aliphatic heterocycles. The molecule has 7 nitrogen and oxygen atoms in total. The number of hydrazone groups is 1. The van der Waals surface area contributed by atoms with Gasteiger partial charge in [0.1, 0.15) is 0 Å². The minimum absolute atomic E-state index is 0.0680. The summed E-state index contributed by atoms with van der Waals surface area (Å²) in [7, 11) is 2.86. The van der Waals surface area contributed by atoms with Crippen LogP contribution >= 0.6 is 0 Å². The van der Waals surface area contributed by atoms with Gasteiger partial charge in [-0.2, -0.15) is 5.10 Å². The van der Waals surface area contributed by atoms with Crippen molar-refractivity contribution in [2.75, 3.05) is 14.2 Å². The average molecular weight is 310 g/mol. The first-order valence-electron chi connectivity index (χ1n) is 7.06. The van der Waals surface area contributed by atoms with Gasteiger partial charge < -0.3 is 14.9 Å². The smallest absolute Gasteiger partial charge is 0.310 e. The Morgan fingerprint density at radius 2 is 1.95 bits per heavy atom. The van der Waals surface area contributed by atoms with E-state index >= 15 is 0 Å². The SMILES string of the molecule is CCC(C)C(=O)OC1(C)C(=O)C(C)=C(OC)/C(=N/NC)C1=O. The molecule has 1 aliphatic carbocycles. The van der Waals surface area contributed by atoms with Gasteiger partial charge in [0, 0.05) is 12.6 Å². The van der Waals surface area contributed by atoms with E-state index in [2.05, 4.69) is 10.5 Å². The fourth-order valence-electron chi connectivity index (χ4n) is 2.09. The maximum Gasteiger partial charge on any atom is 0.310 e. The maximum absolute atomic E-state index is 12.6. The van der Waals surface area contributed by atoms with Crippen molar-refractivity contribution < 1.29 is 23.9 Å². The van der Waals surface area contributed by atoms with Crippen LogP contribution in [0.3, 0.4) is 0 Å². The number of rotatable bonds is 5. The molecule has 2 atom stereocenters. The Hall–Kier alpha value is -2.18. The zero-order valence-electron chi connectivity index (χ0n) is 13.8. The van der Waals surface area contributed by atoms with Crippen LogP contribution in [0.2, 0.25) is 0 Å². The normalized spacial score (nSPS) is 25.3. The number of methoxy groups -OCH3 is 1. The van der Waals surface area contributed by atoms with Crippen LogP contribution in [0.4, 0.5) is 0 Å². The Bertz CT molecular complexity index is 564. The molecule has 0 saturated heterocycles. The summed E-state index contributed by atoms with van der Waals surface area (Å²) in [5.41, 5.74) is 0.702. The molecule has 1 rings (SSSR count). The molecular weight excluding hydrogens is 288 g/mol. The minimum Gasteiger partial charge on any atom is -0.494 e. The number of allylic oxidation sites excluding steroid dienone is 1. The van der Waals surface area contributed by atoms with Gasteiger partial charge in [-0.05, 0) is 20.3 Å². The van der Waals surface area contributed by atoms with Gasteiger partial charge in [0.25, 0.3) is 0 Å². The highest BCUT2D eigenvalue weighted by Gasteiger charge is 2.53. The van der Waals surface area contributed by atoms with Crippen LogP contribution < -0.4 is 5.43 Å². The Balaban J connectivity index is 3.35. The third kappa shape index (κ3) is 2.88. The van der Waals surface area contributed by atoms with Gasteiger partial charge >= 0.3 is 5.97 Å². The van der Waals surface area contributed by atoms with Crippen LogP contribution in [-0.4, -0.2) is 43.0 Å². The number of carbonyl (C=O) groups is 3. The van der Waals surface area contributed by atoms with Crippen molar-refractivity contribution in [3.05, 3.63) is 11.3 Å². The van der Waals surface area contributed by atoms with E-state index in [1.165, 1.54) is 28.0 Å². The first kappa shape index (κ1) is 17.9. The van der Waals surface area contributed by atoms with Gasteiger partial charge in [-0.15, -0.1) is 0 Å². The number of carbonyl (C=O) groups excluding carboxylic acids is 3. The number of ether oxygens (including phenoxy) is 2. The molecule has 1 N–H and O–H groups in total. The molecule has 0 saturated carbocycles. The molecule has 0 amide bonds. The van der Waals surface area contributed by atoms with Crippen molar-refractivity contribution in [1.29, 1.82) is 0 Å². The fourth-order valence-corrected chi connectivity index (χ4v) is 2.09. The van der Waals surface area contributed by atoms with Crippen molar-refractivity contribution in [2.45, 2.75) is 39.7 Å². The van der Waals surface area contributed by atoms with Crippen molar-refractivity contribution >= 4 is 23.2 Å². The average Bonchev–Trinajstić information content (AvgIpc) is 2.50. The van der Waals surface area contributed by atoms with Gasteiger partial charge in [-0.3, -0.25) is 14.4 Å². The monoisotopic (exact) mass is 310 g/mol. The molecule has 2 unspecified atom stereocenters. The molecule has 22 heavy (non-hydrogen) atoms. The van der Waals surface area contributed by atoms with Crippen LogP contribution in [-0.2, 0) is 23.9 Å². The van der Waals surface area contributed by atoms with Gasteiger partial charge in [0.15, 0.2) is 11.5 Å². The predicted molar refractivity (Wildman–Crippen MR) is 80.2 cm³/mol. The lowest BCUT2D eigenvalue weighted by atomic mass is 9.81. The first-order chi connectivity index (χ1) is 10.2. The second kappa shape index (κ2) is 6.72. The lowest BCUT2D eigenvalue weighted by Gasteiger charge is -2.32. The van der Waals surface area contributed by atoms with E-state index in [9.17, 15) is 14.4 Å². The quantitative estimate of drug-likeness (QED) is 0.462. The van der Waals surface area contributed by atoms with Crippen LogP contribution in [0.5, 0.6) is 0 Å². The predicted octanol–water partition coefficient (Wildman–Crippen LogP) is 0.982. The summed E-state index contributed by atoms with van der Waals surface area (Å²) in [5.74, 6) is -2.21. The summed E-state index contributed by atoms with van der Waals surface area (Å²) >= 11 is 0. The standard InChI is InChI=1S/C15H22N2O5/c1-7-8(2)14(20)22-15(4)12(18)9(3)11(21-6)10(13(15)19)17-16-5/h8,16H,7H2,1-6H3/b17-10-. The van der Waals surface area contributed by atoms with E-state index in [0.717, 1.165) is 0 Å². The number of esters is 1. The lowest BCUT2D eigenvalue weighted by Crippen LogP contribution is -2.55. The van der Waals surface area contributed by atoms with Gasteiger partial charge in [-0.25, -0.2) is 0 Å². The Kier molecular flexibility index (Phi) is 5.46. The number of Topliss-reactive ketones (excluding diaryl/α,β-unsaturated/α-hetero) is 2. The summed E-state index contributed by atoms with van der Waals surface area (Å²) in [6.07, 6.45) is 0.549. The van der Waals surface area contributed by atoms with Crippen molar-refractivity contribution in [3.63, 3.8) is 0 Å². The highest BCUT2D eigenvalue weighted by molar-refractivity contribution is 6.55. The number of nitrogens with one attached hydrogen (secondary N) is 1. The minimum atomic E-state index is -1.91. The number of hydrogen-bond donors (Lipinski definition) is 1. The fraction of sp³-hybridized carbons (Fsp3) is 0.600. The van der Waals surface area contributed by atoms with Crippen LogP contribution in [0, 0.1) is 5.92 Å². The van der Waals surface area contributed by atoms with E-state index < -0.39 is 29.1 Å². The third-order valence-corrected chi connectivity index (χ3v) is 3.73. The Labute approximate surface area is 129 Å². The molecule has 0 radical (unpaired) electrons. The molecule has 0 aromatic rings. The summed E-state index contributed by atoms with van der Waals surface area (Å²) in [6.45, 7) is 6.30. The van der Waals surface area contributed by atoms with Crippen molar-refractivity contribution in [3.8, 4) is 0 Å². The molecule has 7 heteroatoms. The summed E-state index contributed by atoms with van der Waals surface area (Å²) < 4.78 is 10.4. The molecule has 1 aliphatic rings. The van der Waals surface area contributed by atoms with Gasteiger partial charge in [0.2, 0.25) is 17.2 Å². The third-order valence-electron chi connectivity index (χ3n) is 3.73. The summed E-state index contributed by atoms with van der Waals surface area (Å²) in [6, 6.07) is 0. The highest BCUT2D eigenvalue weighted by Crippen LogP contribution is 2.29. The topological polar surface area (TPSA) is 94.1 Å². The highest BCUT2D eigenvalue weighted by atomic mass is 16.6. The molecule has 0 aromatic heterocycles. The van der Waals surface area contributed by atoms with Crippen molar-refractivity contribution in [1.82, 2.24) is 5.43 Å². The van der Waals surface area contributed by atoms with Gasteiger partial charge in [0.05, 0.1) is 13.0 Å². The molecule has 0 bridgehead atoms. The van der Waals surface area contributed by atoms with E-state index in [0.29, 0.717) is 6.42 Å². The van der Waals surface area contributed by atoms with Crippen molar-refractivity contribution in [2.24, 2.45) is 11.0 Å². The van der Waals surface area contributed by atoms with E-state index in [-0.39, 0.29) is 17.0 Å².